The third kappa shape index (κ3) is 4.60. The molecule has 1 heterocycles. The SMILES string of the molecule is COC(=O)c1cccc(NC(=O)[C@@H]2CN(S(=O)(=O)c3ccc(C)cc3)c3cc(C)ccc3O2)c1. The molecule has 1 amide bonds. The molecule has 3 aromatic carbocycles. The van der Waals surface area contributed by atoms with Crippen molar-refractivity contribution in [2.24, 2.45) is 0 Å². The lowest BCUT2D eigenvalue weighted by Crippen LogP contribution is -2.48. The molecule has 1 atom stereocenters. The fourth-order valence-corrected chi connectivity index (χ4v) is 5.10. The summed E-state index contributed by atoms with van der Waals surface area (Å²) < 4.78 is 38.9. The number of carbonyl (C=O) groups excluding carboxylic acids is 2. The fourth-order valence-electron chi connectivity index (χ4n) is 3.63. The van der Waals surface area contributed by atoms with Crippen LogP contribution in [0.1, 0.15) is 21.5 Å². The molecule has 1 N–H and O–H groups in total. The second-order valence-electron chi connectivity index (χ2n) is 7.99. The van der Waals surface area contributed by atoms with Crippen LogP contribution in [0.2, 0.25) is 0 Å². The van der Waals surface area contributed by atoms with E-state index in [1.807, 2.05) is 13.8 Å². The largest absolute Gasteiger partial charge is 0.476 e. The van der Waals surface area contributed by atoms with E-state index in [4.69, 9.17) is 9.47 Å². The van der Waals surface area contributed by atoms with Gasteiger partial charge >= 0.3 is 5.97 Å². The normalized spacial score (nSPS) is 15.1. The topological polar surface area (TPSA) is 102 Å². The summed E-state index contributed by atoms with van der Waals surface area (Å²) in [5.74, 6) is -0.793. The quantitative estimate of drug-likeness (QED) is 0.559. The minimum absolute atomic E-state index is 0.123. The molecule has 0 spiro atoms. The maximum absolute atomic E-state index is 13.5. The van der Waals surface area contributed by atoms with Crippen LogP contribution in [0.25, 0.3) is 0 Å². The molecule has 1 aliphatic rings. The molecule has 0 fully saturated rings. The van der Waals surface area contributed by atoms with Crippen molar-refractivity contribution >= 4 is 33.3 Å². The molecule has 8 nitrogen and oxygen atoms in total. The van der Waals surface area contributed by atoms with Gasteiger partial charge in [-0.05, 0) is 61.9 Å². The number of amides is 1. The molecule has 3 aromatic rings. The Morgan fingerprint density at radius 3 is 2.41 bits per heavy atom. The number of hydrogen-bond donors (Lipinski definition) is 1. The molecule has 0 radical (unpaired) electrons. The third-order valence-electron chi connectivity index (χ3n) is 5.44. The number of anilines is 2. The van der Waals surface area contributed by atoms with Crippen LogP contribution >= 0.6 is 0 Å². The average molecular weight is 481 g/mol. The number of hydrogen-bond acceptors (Lipinski definition) is 6. The van der Waals surface area contributed by atoms with Crippen molar-refractivity contribution in [1.29, 1.82) is 0 Å². The third-order valence-corrected chi connectivity index (χ3v) is 7.23. The van der Waals surface area contributed by atoms with Crippen molar-refractivity contribution in [3.8, 4) is 5.75 Å². The lowest BCUT2D eigenvalue weighted by Gasteiger charge is -2.35. The average Bonchev–Trinajstić information content (AvgIpc) is 2.83. The van der Waals surface area contributed by atoms with E-state index in [1.54, 1.807) is 60.7 Å². The van der Waals surface area contributed by atoms with Crippen LogP contribution in [-0.2, 0) is 19.6 Å². The number of esters is 1. The monoisotopic (exact) mass is 480 g/mol. The lowest BCUT2D eigenvalue weighted by molar-refractivity contribution is -0.122. The van der Waals surface area contributed by atoms with Gasteiger partial charge in [0.15, 0.2) is 6.10 Å². The summed E-state index contributed by atoms with van der Waals surface area (Å²) in [5.41, 5.74) is 2.79. The summed E-state index contributed by atoms with van der Waals surface area (Å²) in [5, 5.41) is 2.70. The Balaban J connectivity index is 1.66. The van der Waals surface area contributed by atoms with Crippen LogP contribution in [-0.4, -0.2) is 40.1 Å². The molecule has 0 bridgehead atoms. The van der Waals surface area contributed by atoms with Gasteiger partial charge in [0.25, 0.3) is 15.9 Å². The maximum Gasteiger partial charge on any atom is 0.337 e. The van der Waals surface area contributed by atoms with Gasteiger partial charge < -0.3 is 14.8 Å². The van der Waals surface area contributed by atoms with Gasteiger partial charge in [0.1, 0.15) is 5.75 Å². The number of nitrogens with one attached hydrogen (secondary N) is 1. The zero-order valence-corrected chi connectivity index (χ0v) is 19.8. The van der Waals surface area contributed by atoms with Crippen LogP contribution in [0.15, 0.2) is 71.6 Å². The summed E-state index contributed by atoms with van der Waals surface area (Å²) in [7, 11) is -2.69. The zero-order valence-electron chi connectivity index (χ0n) is 18.9. The molecule has 0 saturated heterocycles. The number of fused-ring (bicyclic) bond motifs is 1. The number of methoxy groups -OCH3 is 1. The highest BCUT2D eigenvalue weighted by Crippen LogP contribution is 2.38. The van der Waals surface area contributed by atoms with Crippen molar-refractivity contribution in [3.05, 3.63) is 83.4 Å². The summed E-state index contributed by atoms with van der Waals surface area (Å²) in [4.78, 5) is 25.0. The molecule has 0 saturated carbocycles. The molecule has 0 aliphatic carbocycles. The van der Waals surface area contributed by atoms with Crippen LogP contribution in [0.3, 0.4) is 0 Å². The first-order chi connectivity index (χ1) is 16.2. The molecule has 34 heavy (non-hydrogen) atoms. The van der Waals surface area contributed by atoms with E-state index in [9.17, 15) is 18.0 Å². The number of ether oxygens (including phenoxy) is 2. The van der Waals surface area contributed by atoms with Crippen LogP contribution < -0.4 is 14.4 Å². The maximum atomic E-state index is 13.5. The highest BCUT2D eigenvalue weighted by molar-refractivity contribution is 7.92. The van der Waals surface area contributed by atoms with Gasteiger partial charge in [0, 0.05) is 5.69 Å². The standard InChI is InChI=1S/C25H24N2O6S/c1-16-7-10-20(11-8-16)34(30,31)27-15-23(33-22-12-9-17(2)13-21(22)27)24(28)26-19-6-4-5-18(14-19)25(29)32-3/h4-14,23H,15H2,1-3H3,(H,26,28)/t23-/m0/s1. The Kier molecular flexibility index (Phi) is 6.30. The first-order valence-electron chi connectivity index (χ1n) is 10.5. The van der Waals surface area contributed by atoms with Crippen LogP contribution in [0, 0.1) is 13.8 Å². The molecular weight excluding hydrogens is 456 g/mol. The predicted octanol–water partition coefficient (Wildman–Crippen LogP) is 3.69. The first-order valence-corrected chi connectivity index (χ1v) is 12.0. The van der Waals surface area contributed by atoms with Crippen molar-refractivity contribution in [3.63, 3.8) is 0 Å². The smallest absolute Gasteiger partial charge is 0.337 e. The van der Waals surface area contributed by atoms with Crippen molar-refractivity contribution in [1.82, 2.24) is 0 Å². The number of nitrogens with zero attached hydrogens (tertiary/aromatic N) is 1. The van der Waals surface area contributed by atoms with Gasteiger partial charge in [0.2, 0.25) is 0 Å². The Morgan fingerprint density at radius 2 is 1.71 bits per heavy atom. The summed E-state index contributed by atoms with van der Waals surface area (Å²) in [6.07, 6.45) is -1.11. The Bertz CT molecular complexity index is 1350. The van der Waals surface area contributed by atoms with E-state index in [2.05, 4.69) is 5.32 Å². The van der Waals surface area contributed by atoms with E-state index in [0.29, 0.717) is 11.4 Å². The second kappa shape index (κ2) is 9.18. The summed E-state index contributed by atoms with van der Waals surface area (Å²) >= 11 is 0. The molecule has 0 unspecified atom stereocenters. The molecular formula is C25H24N2O6S. The molecule has 0 aromatic heterocycles. The van der Waals surface area contributed by atoms with Crippen LogP contribution in [0.5, 0.6) is 5.75 Å². The Morgan fingerprint density at radius 1 is 1.00 bits per heavy atom. The van der Waals surface area contributed by atoms with Gasteiger partial charge in [-0.25, -0.2) is 13.2 Å². The highest BCUT2D eigenvalue weighted by Gasteiger charge is 2.37. The Labute approximate surface area is 198 Å². The number of rotatable bonds is 5. The first kappa shape index (κ1) is 23.3. The van der Waals surface area contributed by atoms with Crippen LogP contribution in [0.4, 0.5) is 11.4 Å². The molecule has 4 rings (SSSR count). The minimum atomic E-state index is -3.96. The number of aryl methyl sites for hydroxylation is 2. The summed E-state index contributed by atoms with van der Waals surface area (Å²) in [6.45, 7) is 3.51. The van der Waals surface area contributed by atoms with Gasteiger partial charge in [0.05, 0.1) is 29.8 Å². The highest BCUT2D eigenvalue weighted by atomic mass is 32.2. The molecule has 9 heteroatoms. The van der Waals surface area contributed by atoms with E-state index in [1.165, 1.54) is 17.5 Å². The molecule has 176 valence electrons. The number of benzene rings is 3. The predicted molar refractivity (Wildman–Crippen MR) is 128 cm³/mol. The van der Waals surface area contributed by atoms with Gasteiger partial charge in [-0.15, -0.1) is 0 Å². The van der Waals surface area contributed by atoms with Gasteiger partial charge in [-0.2, -0.15) is 0 Å². The molecule has 1 aliphatic heterocycles. The van der Waals surface area contributed by atoms with Crippen molar-refractivity contribution in [2.45, 2.75) is 24.8 Å². The van der Waals surface area contributed by atoms with E-state index in [0.717, 1.165) is 11.1 Å². The van der Waals surface area contributed by atoms with E-state index >= 15 is 0 Å². The zero-order chi connectivity index (χ0) is 24.5. The fraction of sp³-hybridized carbons (Fsp3) is 0.200. The number of carbonyl (C=O) groups is 2. The second-order valence-corrected chi connectivity index (χ2v) is 9.85. The lowest BCUT2D eigenvalue weighted by atomic mass is 10.1. The minimum Gasteiger partial charge on any atom is -0.476 e. The number of sulfonamides is 1. The van der Waals surface area contributed by atoms with E-state index in [-0.39, 0.29) is 22.8 Å². The summed E-state index contributed by atoms with van der Waals surface area (Å²) in [6, 6.07) is 18.0. The van der Waals surface area contributed by atoms with Gasteiger partial charge in [-0.3, -0.25) is 9.10 Å². The van der Waals surface area contributed by atoms with E-state index < -0.39 is 28.0 Å². The van der Waals surface area contributed by atoms with Crippen molar-refractivity contribution < 1.29 is 27.5 Å². The Hall–Kier alpha value is -3.85. The van der Waals surface area contributed by atoms with Gasteiger partial charge in [-0.1, -0.05) is 29.8 Å². The van der Waals surface area contributed by atoms with Crippen molar-refractivity contribution in [2.75, 3.05) is 23.3 Å².